The van der Waals surface area contributed by atoms with Crippen LogP contribution in [-0.4, -0.2) is 19.9 Å². The summed E-state index contributed by atoms with van der Waals surface area (Å²) in [5, 5.41) is 0. The highest BCUT2D eigenvalue weighted by atomic mass is 32.2. The van der Waals surface area contributed by atoms with Crippen molar-refractivity contribution in [3.05, 3.63) is 24.3 Å². The first kappa shape index (κ1) is 12.4. The molecule has 0 atom stereocenters. The highest BCUT2D eigenvalue weighted by molar-refractivity contribution is 7.91. The van der Waals surface area contributed by atoms with Crippen LogP contribution in [0.2, 0.25) is 0 Å². The Hall–Kier alpha value is -0.570. The summed E-state index contributed by atoms with van der Waals surface area (Å²) in [7, 11) is -2.91. The van der Waals surface area contributed by atoms with Crippen molar-refractivity contribution in [2.45, 2.75) is 26.7 Å². The molecular formula is C10H18O2S. The lowest BCUT2D eigenvalue weighted by Crippen LogP contribution is -2.09. The summed E-state index contributed by atoms with van der Waals surface area (Å²) >= 11 is 0. The van der Waals surface area contributed by atoms with Crippen LogP contribution in [0.5, 0.6) is 0 Å². The zero-order valence-corrected chi connectivity index (χ0v) is 9.23. The van der Waals surface area contributed by atoms with Crippen LogP contribution in [0.3, 0.4) is 0 Å². The molecule has 0 rings (SSSR count). The zero-order valence-electron chi connectivity index (χ0n) is 8.41. The molecule has 3 heteroatoms. The molecule has 0 aromatic carbocycles. The van der Waals surface area contributed by atoms with Gasteiger partial charge in [-0.2, -0.15) is 0 Å². The van der Waals surface area contributed by atoms with E-state index in [1.54, 1.807) is 13.0 Å². The fourth-order valence-electron chi connectivity index (χ4n) is 0.849. The Kier molecular flexibility index (Phi) is 5.71. The van der Waals surface area contributed by atoms with Crippen molar-refractivity contribution in [2.24, 2.45) is 0 Å². The molecule has 0 aliphatic carbocycles. The third-order valence-electron chi connectivity index (χ3n) is 1.65. The molecule has 0 radical (unpaired) electrons. The second-order valence-electron chi connectivity index (χ2n) is 3.03. The van der Waals surface area contributed by atoms with Crippen LogP contribution in [0, 0.1) is 0 Å². The molecule has 0 unspecified atom stereocenters. The number of hydrogen-bond donors (Lipinski definition) is 0. The average molecular weight is 202 g/mol. The van der Waals surface area contributed by atoms with Crippen molar-refractivity contribution in [3.63, 3.8) is 0 Å². The van der Waals surface area contributed by atoms with E-state index in [1.807, 2.05) is 6.08 Å². The Balaban J connectivity index is 4.02. The van der Waals surface area contributed by atoms with Crippen LogP contribution in [-0.2, 0) is 9.84 Å². The van der Waals surface area contributed by atoms with Gasteiger partial charge in [-0.25, -0.2) is 8.42 Å². The largest absolute Gasteiger partial charge is 0.229 e. The first-order valence-corrected chi connectivity index (χ1v) is 6.38. The van der Waals surface area contributed by atoms with E-state index in [2.05, 4.69) is 13.5 Å². The second kappa shape index (κ2) is 5.97. The number of hydrogen-bond acceptors (Lipinski definition) is 2. The van der Waals surface area contributed by atoms with Crippen LogP contribution in [0.25, 0.3) is 0 Å². The van der Waals surface area contributed by atoms with Gasteiger partial charge >= 0.3 is 0 Å². The minimum Gasteiger partial charge on any atom is -0.229 e. The van der Waals surface area contributed by atoms with E-state index in [1.165, 1.54) is 0 Å². The van der Waals surface area contributed by atoms with Gasteiger partial charge in [0.1, 0.15) is 0 Å². The minimum atomic E-state index is -2.91. The van der Waals surface area contributed by atoms with Gasteiger partial charge in [0.2, 0.25) is 0 Å². The van der Waals surface area contributed by atoms with Gasteiger partial charge in [-0.05, 0) is 12.0 Å². The summed E-state index contributed by atoms with van der Waals surface area (Å²) in [4.78, 5) is 0. The predicted octanol–water partition coefficient (Wildman–Crippen LogP) is 2.33. The van der Waals surface area contributed by atoms with Crippen LogP contribution in [0.4, 0.5) is 0 Å². The van der Waals surface area contributed by atoms with Gasteiger partial charge in [-0.15, -0.1) is 0 Å². The summed E-state index contributed by atoms with van der Waals surface area (Å²) in [6, 6.07) is 0. The zero-order chi connectivity index (χ0) is 10.3. The summed E-state index contributed by atoms with van der Waals surface area (Å²) in [6.07, 6.45) is 5.82. The molecule has 0 aliphatic heterocycles. The third kappa shape index (κ3) is 6.58. The maximum Gasteiger partial charge on any atom is 0.154 e. The number of unbranched alkanes of at least 4 members (excludes halogenated alkanes) is 1. The molecule has 13 heavy (non-hydrogen) atoms. The quantitative estimate of drug-likeness (QED) is 0.619. The van der Waals surface area contributed by atoms with Crippen LogP contribution in [0.1, 0.15) is 26.7 Å². The van der Waals surface area contributed by atoms with Crippen LogP contribution < -0.4 is 0 Å². The maximum absolute atomic E-state index is 11.1. The maximum atomic E-state index is 11.1. The molecule has 0 saturated heterocycles. The Morgan fingerprint density at radius 3 is 2.46 bits per heavy atom. The van der Waals surface area contributed by atoms with Gasteiger partial charge in [-0.1, -0.05) is 39.0 Å². The Morgan fingerprint density at radius 2 is 2.00 bits per heavy atom. The monoisotopic (exact) mass is 202 g/mol. The molecule has 2 nitrogen and oxygen atoms in total. The van der Waals surface area contributed by atoms with Gasteiger partial charge in [0.25, 0.3) is 0 Å². The molecule has 0 amide bonds. The molecule has 0 bridgehead atoms. The Bertz CT molecular complexity index is 273. The molecule has 0 aromatic heterocycles. The van der Waals surface area contributed by atoms with Crippen LogP contribution in [0.15, 0.2) is 24.3 Å². The van der Waals surface area contributed by atoms with Gasteiger partial charge in [-0.3, -0.25) is 0 Å². The van der Waals surface area contributed by atoms with Crippen molar-refractivity contribution in [1.29, 1.82) is 0 Å². The Labute approximate surface area is 81.3 Å². The summed E-state index contributed by atoms with van der Waals surface area (Å²) < 4.78 is 22.3. The molecule has 0 aliphatic rings. The van der Waals surface area contributed by atoms with Crippen molar-refractivity contribution in [2.75, 3.05) is 11.5 Å². The van der Waals surface area contributed by atoms with E-state index >= 15 is 0 Å². The lowest BCUT2D eigenvalue weighted by Gasteiger charge is -1.99. The fraction of sp³-hybridized carbons (Fsp3) is 0.600. The predicted molar refractivity (Wildman–Crippen MR) is 57.5 cm³/mol. The van der Waals surface area contributed by atoms with E-state index in [9.17, 15) is 8.42 Å². The van der Waals surface area contributed by atoms with E-state index < -0.39 is 9.84 Å². The molecule has 0 heterocycles. The number of allylic oxidation sites excluding steroid dienone is 2. The average Bonchev–Trinajstić information content (AvgIpc) is 2.04. The second-order valence-corrected chi connectivity index (χ2v) is 5.38. The highest BCUT2D eigenvalue weighted by Gasteiger charge is 2.07. The molecule has 0 aromatic rings. The van der Waals surface area contributed by atoms with Crippen LogP contribution >= 0.6 is 0 Å². The lowest BCUT2D eigenvalue weighted by atomic mass is 10.2. The van der Waals surface area contributed by atoms with Crippen molar-refractivity contribution in [1.82, 2.24) is 0 Å². The molecule has 0 saturated carbocycles. The summed E-state index contributed by atoms with van der Waals surface area (Å²) in [5.41, 5.74) is 0.676. The van der Waals surface area contributed by atoms with Crippen molar-refractivity contribution < 1.29 is 8.42 Å². The third-order valence-corrected chi connectivity index (χ3v) is 3.34. The van der Waals surface area contributed by atoms with Gasteiger partial charge in [0.15, 0.2) is 9.84 Å². The SMILES string of the molecule is C=C(/C=C\CCC)CS(=O)(=O)CC. The molecule has 76 valence electrons. The van der Waals surface area contributed by atoms with Gasteiger partial charge < -0.3 is 0 Å². The number of rotatable bonds is 6. The normalized spacial score (nSPS) is 12.2. The molecule has 0 N–H and O–H groups in total. The molecule has 0 fully saturated rings. The topological polar surface area (TPSA) is 34.1 Å². The van der Waals surface area contributed by atoms with Gasteiger partial charge in [0.05, 0.1) is 5.75 Å². The molecule has 0 spiro atoms. The summed E-state index contributed by atoms with van der Waals surface area (Å²) in [6.45, 7) is 7.42. The van der Waals surface area contributed by atoms with E-state index in [4.69, 9.17) is 0 Å². The van der Waals surface area contributed by atoms with Crippen molar-refractivity contribution in [3.8, 4) is 0 Å². The smallest absolute Gasteiger partial charge is 0.154 e. The highest BCUT2D eigenvalue weighted by Crippen LogP contribution is 2.02. The minimum absolute atomic E-state index is 0.0870. The van der Waals surface area contributed by atoms with E-state index in [0.29, 0.717) is 5.57 Å². The van der Waals surface area contributed by atoms with Crippen molar-refractivity contribution >= 4 is 9.84 Å². The number of sulfone groups is 1. The first-order chi connectivity index (χ1) is 6.02. The lowest BCUT2D eigenvalue weighted by molar-refractivity contribution is 0.599. The fourth-order valence-corrected chi connectivity index (χ4v) is 1.71. The van der Waals surface area contributed by atoms with Gasteiger partial charge in [0, 0.05) is 5.75 Å². The standard InChI is InChI=1S/C10H18O2S/c1-4-6-7-8-10(3)9-13(11,12)5-2/h7-8H,3-6,9H2,1-2H3/b8-7-. The first-order valence-electron chi connectivity index (χ1n) is 4.56. The van der Waals surface area contributed by atoms with E-state index in [-0.39, 0.29) is 11.5 Å². The Morgan fingerprint density at radius 1 is 1.38 bits per heavy atom. The summed E-state index contributed by atoms with van der Waals surface area (Å²) in [5.74, 6) is 0.275. The molecular weight excluding hydrogens is 184 g/mol. The van der Waals surface area contributed by atoms with E-state index in [0.717, 1.165) is 12.8 Å².